The number of thioether (sulfide) groups is 1. The van der Waals surface area contributed by atoms with Crippen LogP contribution in [-0.2, 0) is 4.79 Å². The number of nitrogens with zero attached hydrogens (tertiary/aromatic N) is 5. The summed E-state index contributed by atoms with van der Waals surface area (Å²) in [6.07, 6.45) is 1.74. The maximum Gasteiger partial charge on any atom is 0.257 e. The predicted octanol–water partition coefficient (Wildman–Crippen LogP) is 1.35. The Bertz CT molecular complexity index is 803. The van der Waals surface area contributed by atoms with Crippen molar-refractivity contribution < 1.29 is 23.6 Å². The SMILES string of the molecule is COc1ccc(C(=O)SCCC(=O)[N-]c2c[n+](N3CCN(C)CC3)no2)cc1. The third-order valence-corrected chi connectivity index (χ3v) is 5.23. The Morgan fingerprint density at radius 3 is 2.64 bits per heavy atom. The number of carbonyl (C=O) groups is 2. The standard InChI is InChI=1S/C18H23N5O4S/c1-21-8-10-22(11-9-21)23-13-17(27-20-23)19-16(24)7-12-28-18(25)14-3-5-15(26-2)6-4-14/h3-6,13H,7-12H2,1-2H3. The summed E-state index contributed by atoms with van der Waals surface area (Å²) in [5.74, 6) is 0.850. The number of hydrogen-bond donors (Lipinski definition) is 0. The zero-order valence-corrected chi connectivity index (χ0v) is 16.7. The monoisotopic (exact) mass is 405 g/mol. The molecule has 28 heavy (non-hydrogen) atoms. The van der Waals surface area contributed by atoms with Crippen molar-refractivity contribution in [2.24, 2.45) is 0 Å². The highest BCUT2D eigenvalue weighted by Crippen LogP contribution is 2.20. The fourth-order valence-electron chi connectivity index (χ4n) is 2.63. The summed E-state index contributed by atoms with van der Waals surface area (Å²) in [7, 11) is 3.64. The molecule has 1 aliphatic rings. The van der Waals surface area contributed by atoms with Crippen LogP contribution in [0.4, 0.5) is 5.88 Å². The van der Waals surface area contributed by atoms with E-state index in [1.807, 2.05) is 5.01 Å². The van der Waals surface area contributed by atoms with Gasteiger partial charge in [0.1, 0.15) is 11.6 Å². The Morgan fingerprint density at radius 2 is 1.96 bits per heavy atom. The number of amides is 1. The van der Waals surface area contributed by atoms with Gasteiger partial charge in [0.15, 0.2) is 0 Å². The van der Waals surface area contributed by atoms with Crippen molar-refractivity contribution >= 4 is 28.7 Å². The van der Waals surface area contributed by atoms with Crippen molar-refractivity contribution in [3.63, 3.8) is 0 Å². The van der Waals surface area contributed by atoms with Crippen LogP contribution in [0.5, 0.6) is 5.75 Å². The average molecular weight is 405 g/mol. The van der Waals surface area contributed by atoms with Crippen LogP contribution < -0.4 is 14.5 Å². The van der Waals surface area contributed by atoms with E-state index in [1.165, 1.54) is 0 Å². The molecule has 150 valence electrons. The maximum atomic E-state index is 12.1. The van der Waals surface area contributed by atoms with E-state index in [2.05, 4.69) is 22.5 Å². The zero-order chi connectivity index (χ0) is 19.9. The van der Waals surface area contributed by atoms with Gasteiger partial charge >= 0.3 is 0 Å². The molecule has 1 aliphatic heterocycles. The van der Waals surface area contributed by atoms with Gasteiger partial charge in [-0.15, -0.1) is 0 Å². The molecular weight excluding hydrogens is 382 g/mol. The fraction of sp³-hybridized carbons (Fsp3) is 0.444. The van der Waals surface area contributed by atoms with E-state index in [4.69, 9.17) is 9.26 Å². The molecule has 0 unspecified atom stereocenters. The first-order valence-corrected chi connectivity index (χ1v) is 9.92. The quantitative estimate of drug-likeness (QED) is 0.637. The molecule has 1 aromatic heterocycles. The number of benzene rings is 1. The molecule has 2 aromatic rings. The summed E-state index contributed by atoms with van der Waals surface area (Å²) in [5, 5.41) is 9.76. The van der Waals surface area contributed by atoms with Gasteiger partial charge in [-0.3, -0.25) is 4.79 Å². The lowest BCUT2D eigenvalue weighted by Gasteiger charge is -2.26. The average Bonchev–Trinajstić information content (AvgIpc) is 3.16. The highest BCUT2D eigenvalue weighted by molar-refractivity contribution is 8.14. The van der Waals surface area contributed by atoms with Gasteiger partial charge in [0.05, 0.1) is 30.9 Å². The first-order valence-electron chi connectivity index (χ1n) is 8.93. The summed E-state index contributed by atoms with van der Waals surface area (Å²) in [5.41, 5.74) is 0.568. The minimum absolute atomic E-state index is 0.0944. The van der Waals surface area contributed by atoms with Crippen LogP contribution in [0.25, 0.3) is 5.32 Å². The van der Waals surface area contributed by atoms with Crippen LogP contribution in [-0.4, -0.2) is 67.3 Å². The van der Waals surface area contributed by atoms with Crippen LogP contribution in [0.1, 0.15) is 16.8 Å². The lowest BCUT2D eigenvalue weighted by molar-refractivity contribution is -0.759. The third-order valence-electron chi connectivity index (χ3n) is 4.32. The summed E-state index contributed by atoms with van der Waals surface area (Å²) in [6, 6.07) is 6.86. The summed E-state index contributed by atoms with van der Waals surface area (Å²) < 4.78 is 10.2. The van der Waals surface area contributed by atoms with Crippen molar-refractivity contribution in [3.05, 3.63) is 41.3 Å². The molecule has 10 heteroatoms. The van der Waals surface area contributed by atoms with Crippen molar-refractivity contribution in [1.82, 2.24) is 10.2 Å². The highest BCUT2D eigenvalue weighted by atomic mass is 32.2. The van der Waals surface area contributed by atoms with Crippen LogP contribution in [0, 0.1) is 0 Å². The normalized spacial score (nSPS) is 14.7. The molecule has 2 heterocycles. The summed E-state index contributed by atoms with van der Waals surface area (Å²) >= 11 is 1.09. The van der Waals surface area contributed by atoms with Crippen molar-refractivity contribution in [2.75, 3.05) is 51.1 Å². The third kappa shape index (κ3) is 5.46. The molecule has 0 spiro atoms. The molecule has 0 bridgehead atoms. The molecule has 1 amide bonds. The Morgan fingerprint density at radius 1 is 1.25 bits per heavy atom. The van der Waals surface area contributed by atoms with Gasteiger partial charge in [0, 0.05) is 24.4 Å². The Balaban J connectivity index is 1.41. The van der Waals surface area contributed by atoms with Gasteiger partial charge in [0.2, 0.25) is 10.4 Å². The Labute approximate surface area is 167 Å². The first kappa shape index (κ1) is 20.2. The van der Waals surface area contributed by atoms with E-state index in [1.54, 1.807) is 42.4 Å². The van der Waals surface area contributed by atoms with E-state index >= 15 is 0 Å². The molecule has 9 nitrogen and oxygen atoms in total. The number of rotatable bonds is 7. The van der Waals surface area contributed by atoms with Crippen LogP contribution in [0.15, 0.2) is 35.0 Å². The van der Waals surface area contributed by atoms with Gasteiger partial charge in [-0.2, -0.15) is 5.01 Å². The molecular formula is C18H23N5O4S. The second-order valence-electron chi connectivity index (χ2n) is 6.34. The van der Waals surface area contributed by atoms with E-state index < -0.39 is 0 Å². The molecule has 0 atom stereocenters. The van der Waals surface area contributed by atoms with Gasteiger partial charge in [0.25, 0.3) is 6.20 Å². The van der Waals surface area contributed by atoms with Crippen LogP contribution in [0.3, 0.4) is 0 Å². The molecule has 1 aromatic carbocycles. The smallest absolute Gasteiger partial charge is 0.257 e. The largest absolute Gasteiger partial charge is 0.588 e. The zero-order valence-electron chi connectivity index (χ0n) is 15.9. The molecule has 1 fully saturated rings. The first-order chi connectivity index (χ1) is 13.5. The number of hydrogen-bond acceptors (Lipinski definition) is 8. The number of methoxy groups -OCH3 is 1. The predicted molar refractivity (Wildman–Crippen MR) is 105 cm³/mol. The van der Waals surface area contributed by atoms with Crippen molar-refractivity contribution in [3.8, 4) is 5.75 Å². The molecule has 0 aliphatic carbocycles. The molecule has 3 rings (SSSR count). The van der Waals surface area contributed by atoms with E-state index in [-0.39, 0.29) is 23.3 Å². The lowest BCUT2D eigenvalue weighted by atomic mass is 10.2. The number of likely N-dealkylation sites (N-methyl/N-ethyl adjacent to an activating group) is 1. The van der Waals surface area contributed by atoms with Gasteiger partial charge < -0.3 is 24.3 Å². The second kappa shape index (κ2) is 9.56. The van der Waals surface area contributed by atoms with Crippen molar-refractivity contribution in [2.45, 2.75) is 6.42 Å². The summed E-state index contributed by atoms with van der Waals surface area (Å²) in [6.45, 7) is 3.52. The number of carbonyl (C=O) groups excluding carboxylic acids is 2. The number of piperazine rings is 1. The van der Waals surface area contributed by atoms with E-state index in [9.17, 15) is 9.59 Å². The lowest BCUT2D eigenvalue weighted by Crippen LogP contribution is -2.64. The van der Waals surface area contributed by atoms with Gasteiger partial charge in [-0.1, -0.05) is 11.8 Å². The highest BCUT2D eigenvalue weighted by Gasteiger charge is 2.22. The van der Waals surface area contributed by atoms with Crippen LogP contribution >= 0.6 is 11.8 Å². The Hall–Kier alpha value is -2.59. The van der Waals surface area contributed by atoms with Gasteiger partial charge in [-0.05, 0) is 37.7 Å². The fourth-order valence-corrected chi connectivity index (χ4v) is 3.40. The van der Waals surface area contributed by atoms with E-state index in [0.29, 0.717) is 17.1 Å². The van der Waals surface area contributed by atoms with Gasteiger partial charge in [-0.25, -0.2) is 0 Å². The Kier molecular flexibility index (Phi) is 6.88. The summed E-state index contributed by atoms with van der Waals surface area (Å²) in [4.78, 5) is 28.0. The minimum Gasteiger partial charge on any atom is -0.588 e. The molecule has 0 saturated carbocycles. The number of ether oxygens (including phenoxy) is 1. The van der Waals surface area contributed by atoms with Crippen LogP contribution in [0.2, 0.25) is 0 Å². The van der Waals surface area contributed by atoms with E-state index in [0.717, 1.165) is 37.9 Å². The second-order valence-corrected chi connectivity index (χ2v) is 7.41. The topological polar surface area (TPSA) is 93.9 Å². The number of aromatic nitrogens is 2. The molecule has 0 radical (unpaired) electrons. The molecule has 1 saturated heterocycles. The minimum atomic E-state index is -0.350. The molecule has 0 N–H and O–H groups in total. The van der Waals surface area contributed by atoms with Crippen molar-refractivity contribution in [1.29, 1.82) is 0 Å². The maximum absolute atomic E-state index is 12.1.